The number of benzene rings is 2. The quantitative estimate of drug-likeness (QED) is 0.517. The molecule has 2 heterocycles. The van der Waals surface area contributed by atoms with Crippen molar-refractivity contribution in [3.63, 3.8) is 0 Å². The second-order valence-corrected chi connectivity index (χ2v) is 6.79. The van der Waals surface area contributed by atoms with Gasteiger partial charge in [-0.05, 0) is 56.3 Å². The van der Waals surface area contributed by atoms with Gasteiger partial charge in [0, 0.05) is 21.5 Å². The predicted molar refractivity (Wildman–Crippen MR) is 102 cm³/mol. The highest BCUT2D eigenvalue weighted by Crippen LogP contribution is 2.28. The van der Waals surface area contributed by atoms with E-state index in [1.807, 2.05) is 0 Å². The van der Waals surface area contributed by atoms with E-state index in [1.54, 1.807) is 44.2 Å². The largest absolute Gasteiger partial charge is 0.451 e. The van der Waals surface area contributed by atoms with Gasteiger partial charge in [0.25, 0.3) is 5.91 Å². The van der Waals surface area contributed by atoms with E-state index in [4.69, 9.17) is 20.5 Å². The Balaban J connectivity index is 1.54. The summed E-state index contributed by atoms with van der Waals surface area (Å²) in [6, 6.07) is 10.4. The van der Waals surface area contributed by atoms with Gasteiger partial charge in [-0.1, -0.05) is 16.8 Å². The molecule has 0 radical (unpaired) electrons. The van der Waals surface area contributed by atoms with Gasteiger partial charge in [0.05, 0.1) is 0 Å². The van der Waals surface area contributed by atoms with Crippen molar-refractivity contribution >= 4 is 28.5 Å². The molecule has 0 saturated heterocycles. The van der Waals surface area contributed by atoms with E-state index in [9.17, 15) is 9.18 Å². The lowest BCUT2D eigenvalue weighted by Gasteiger charge is -2.08. The molecule has 0 aliphatic rings. The normalized spacial score (nSPS) is 12.3. The van der Waals surface area contributed by atoms with Crippen molar-refractivity contribution in [1.29, 1.82) is 0 Å². The van der Waals surface area contributed by atoms with Crippen LogP contribution in [0.2, 0.25) is 5.02 Å². The van der Waals surface area contributed by atoms with Gasteiger partial charge in [-0.15, -0.1) is 0 Å². The van der Waals surface area contributed by atoms with Gasteiger partial charge in [-0.3, -0.25) is 4.79 Å². The predicted octanol–water partition coefficient (Wildman–Crippen LogP) is 5.07. The Hall–Kier alpha value is -3.19. The van der Waals surface area contributed by atoms with Crippen molar-refractivity contribution in [3.8, 4) is 11.4 Å². The number of carbonyl (C=O) groups is 1. The molecular formula is C20H15ClFN3O3. The number of aryl methyl sites for hydroxylation is 1. The smallest absolute Gasteiger partial charge is 0.287 e. The van der Waals surface area contributed by atoms with Crippen LogP contribution in [0.25, 0.3) is 22.4 Å². The number of amides is 1. The highest BCUT2D eigenvalue weighted by molar-refractivity contribution is 6.31. The summed E-state index contributed by atoms with van der Waals surface area (Å²) in [5.41, 5.74) is 1.88. The molecule has 0 saturated carbocycles. The third kappa shape index (κ3) is 3.36. The Bertz CT molecular complexity index is 1170. The van der Waals surface area contributed by atoms with E-state index in [2.05, 4.69) is 15.5 Å². The maximum atomic E-state index is 13.0. The molecule has 142 valence electrons. The zero-order valence-electron chi connectivity index (χ0n) is 15.0. The molecule has 2 aromatic carbocycles. The molecule has 4 rings (SSSR count). The fourth-order valence-corrected chi connectivity index (χ4v) is 3.03. The average molecular weight is 400 g/mol. The lowest BCUT2D eigenvalue weighted by Crippen LogP contribution is -2.27. The van der Waals surface area contributed by atoms with Crippen LogP contribution in [-0.2, 0) is 0 Å². The number of furan rings is 1. The Morgan fingerprint density at radius 1 is 1.21 bits per heavy atom. The molecule has 0 aliphatic heterocycles. The van der Waals surface area contributed by atoms with E-state index in [-0.39, 0.29) is 17.5 Å². The number of hydrogen-bond acceptors (Lipinski definition) is 5. The molecule has 1 N–H and O–H groups in total. The first-order chi connectivity index (χ1) is 13.4. The molecule has 1 atom stereocenters. The summed E-state index contributed by atoms with van der Waals surface area (Å²) in [4.78, 5) is 16.9. The van der Waals surface area contributed by atoms with E-state index in [0.717, 1.165) is 5.39 Å². The molecule has 4 aromatic rings. The van der Waals surface area contributed by atoms with E-state index >= 15 is 0 Å². The minimum Gasteiger partial charge on any atom is -0.451 e. The number of nitrogens with one attached hydrogen (secondary N) is 1. The summed E-state index contributed by atoms with van der Waals surface area (Å²) in [6.07, 6.45) is 0. The highest BCUT2D eigenvalue weighted by Gasteiger charge is 2.22. The first-order valence-electron chi connectivity index (χ1n) is 8.51. The molecule has 2 aromatic heterocycles. The fourth-order valence-electron chi connectivity index (χ4n) is 2.86. The van der Waals surface area contributed by atoms with Gasteiger partial charge in [-0.2, -0.15) is 4.98 Å². The lowest BCUT2D eigenvalue weighted by atomic mass is 10.1. The summed E-state index contributed by atoms with van der Waals surface area (Å²) in [7, 11) is 0. The van der Waals surface area contributed by atoms with E-state index < -0.39 is 11.9 Å². The molecule has 0 bridgehead atoms. The van der Waals surface area contributed by atoms with Crippen molar-refractivity contribution in [1.82, 2.24) is 15.5 Å². The number of fused-ring (bicyclic) bond motifs is 1. The topological polar surface area (TPSA) is 81.2 Å². The van der Waals surface area contributed by atoms with Crippen LogP contribution < -0.4 is 5.32 Å². The maximum absolute atomic E-state index is 13.0. The van der Waals surface area contributed by atoms with Crippen LogP contribution in [-0.4, -0.2) is 16.0 Å². The zero-order valence-corrected chi connectivity index (χ0v) is 15.7. The molecule has 0 spiro atoms. The third-order valence-electron chi connectivity index (χ3n) is 4.37. The van der Waals surface area contributed by atoms with Gasteiger partial charge in [-0.25, -0.2) is 4.39 Å². The second kappa shape index (κ2) is 7.09. The van der Waals surface area contributed by atoms with Gasteiger partial charge < -0.3 is 14.3 Å². The molecule has 1 amide bonds. The first-order valence-corrected chi connectivity index (χ1v) is 8.89. The molecule has 1 unspecified atom stereocenters. The summed E-state index contributed by atoms with van der Waals surface area (Å²) < 4.78 is 23.9. The zero-order chi connectivity index (χ0) is 19.8. The van der Waals surface area contributed by atoms with Crippen molar-refractivity contribution in [2.75, 3.05) is 0 Å². The third-order valence-corrected chi connectivity index (χ3v) is 4.60. The summed E-state index contributed by atoms with van der Waals surface area (Å²) in [5.74, 6) is -0.0213. The average Bonchev–Trinajstić information content (AvgIpc) is 3.28. The first kappa shape index (κ1) is 18.2. The number of rotatable bonds is 4. The molecule has 0 fully saturated rings. The van der Waals surface area contributed by atoms with Crippen molar-refractivity contribution < 1.29 is 18.1 Å². The van der Waals surface area contributed by atoms with Crippen LogP contribution >= 0.6 is 11.6 Å². The van der Waals surface area contributed by atoms with E-state index in [0.29, 0.717) is 27.6 Å². The number of aromatic nitrogens is 2. The Kier molecular flexibility index (Phi) is 4.60. The maximum Gasteiger partial charge on any atom is 0.287 e. The Morgan fingerprint density at radius 3 is 2.71 bits per heavy atom. The minimum atomic E-state index is -0.551. The minimum absolute atomic E-state index is 0.197. The standard InChI is InChI=1S/C20H15ClFN3O3/c1-10-15-9-13(21)5-8-16(15)27-17(10)19(26)23-11(2)20-24-18(25-28-20)12-3-6-14(22)7-4-12/h3-9,11H,1-2H3,(H,23,26). The van der Waals surface area contributed by atoms with Crippen molar-refractivity contribution in [2.24, 2.45) is 0 Å². The SMILES string of the molecule is Cc1c(C(=O)NC(C)c2nc(-c3ccc(F)cc3)no2)oc2ccc(Cl)cc12. The Morgan fingerprint density at radius 2 is 1.96 bits per heavy atom. The fraction of sp³-hybridized carbons (Fsp3) is 0.150. The molecule has 28 heavy (non-hydrogen) atoms. The monoisotopic (exact) mass is 399 g/mol. The van der Waals surface area contributed by atoms with Crippen LogP contribution in [0.5, 0.6) is 0 Å². The Labute approximate surface area is 164 Å². The summed E-state index contributed by atoms with van der Waals surface area (Å²) in [5, 5.41) is 8.01. The van der Waals surface area contributed by atoms with Gasteiger partial charge >= 0.3 is 0 Å². The van der Waals surface area contributed by atoms with Gasteiger partial charge in [0.2, 0.25) is 11.7 Å². The molecule has 6 nitrogen and oxygen atoms in total. The number of carbonyl (C=O) groups excluding carboxylic acids is 1. The van der Waals surface area contributed by atoms with Crippen LogP contribution in [0, 0.1) is 12.7 Å². The molecular weight excluding hydrogens is 385 g/mol. The number of hydrogen-bond donors (Lipinski definition) is 1. The van der Waals surface area contributed by atoms with Gasteiger partial charge in [0.15, 0.2) is 5.76 Å². The molecule has 0 aliphatic carbocycles. The number of halogens is 2. The highest BCUT2D eigenvalue weighted by atomic mass is 35.5. The number of nitrogens with zero attached hydrogens (tertiary/aromatic N) is 2. The van der Waals surface area contributed by atoms with Crippen molar-refractivity contribution in [3.05, 3.63) is 70.5 Å². The van der Waals surface area contributed by atoms with E-state index in [1.165, 1.54) is 12.1 Å². The van der Waals surface area contributed by atoms with Crippen LogP contribution in [0.15, 0.2) is 51.4 Å². The summed E-state index contributed by atoms with van der Waals surface area (Å²) >= 11 is 6.01. The summed E-state index contributed by atoms with van der Waals surface area (Å²) in [6.45, 7) is 3.51. The van der Waals surface area contributed by atoms with Crippen LogP contribution in [0.4, 0.5) is 4.39 Å². The lowest BCUT2D eigenvalue weighted by molar-refractivity contribution is 0.0905. The molecule has 8 heteroatoms. The van der Waals surface area contributed by atoms with Gasteiger partial charge in [0.1, 0.15) is 17.4 Å². The second-order valence-electron chi connectivity index (χ2n) is 6.35. The van der Waals surface area contributed by atoms with Crippen LogP contribution in [0.1, 0.15) is 35.0 Å². The van der Waals surface area contributed by atoms with Crippen LogP contribution in [0.3, 0.4) is 0 Å². The van der Waals surface area contributed by atoms with Crippen molar-refractivity contribution in [2.45, 2.75) is 19.9 Å².